The fraction of sp³-hybridized carbons (Fsp3) is 0.500. The fourth-order valence-corrected chi connectivity index (χ4v) is 2.09. The average Bonchev–Trinajstić information content (AvgIpc) is 2.65. The van der Waals surface area contributed by atoms with Crippen molar-refractivity contribution in [2.24, 2.45) is 18.7 Å². The second-order valence-electron chi connectivity index (χ2n) is 5.09. The maximum Gasteiger partial charge on any atom is 0.112 e. The highest BCUT2D eigenvalue weighted by Crippen LogP contribution is 2.26. The van der Waals surface area contributed by atoms with E-state index in [1.807, 2.05) is 0 Å². The molecule has 1 aromatic carbocycles. The predicted molar refractivity (Wildman–Crippen MR) is 71.9 cm³/mol. The molecule has 17 heavy (non-hydrogen) atoms. The maximum absolute atomic E-state index is 5.68. The van der Waals surface area contributed by atoms with E-state index in [-0.39, 0.29) is 0 Å². The molecule has 0 aliphatic carbocycles. The van der Waals surface area contributed by atoms with Crippen LogP contribution in [0.1, 0.15) is 38.1 Å². The van der Waals surface area contributed by atoms with Crippen LogP contribution in [0.4, 0.5) is 0 Å². The Bertz CT molecular complexity index is 525. The Morgan fingerprint density at radius 3 is 2.59 bits per heavy atom. The van der Waals surface area contributed by atoms with Gasteiger partial charge < -0.3 is 10.3 Å². The van der Waals surface area contributed by atoms with Crippen LogP contribution in [0, 0.1) is 5.92 Å². The zero-order valence-electron chi connectivity index (χ0n) is 11.1. The molecule has 1 atom stereocenters. The molecule has 0 fully saturated rings. The molecule has 1 aromatic heterocycles. The number of imidazole rings is 1. The molecule has 3 nitrogen and oxygen atoms in total. The third kappa shape index (κ3) is 2.07. The Morgan fingerprint density at radius 2 is 2.00 bits per heavy atom. The highest BCUT2D eigenvalue weighted by atomic mass is 15.1. The van der Waals surface area contributed by atoms with E-state index in [0.29, 0.717) is 18.4 Å². The summed E-state index contributed by atoms with van der Waals surface area (Å²) in [5.74, 6) is 2.22. The van der Waals surface area contributed by atoms with Gasteiger partial charge in [-0.05, 0) is 23.6 Å². The van der Waals surface area contributed by atoms with E-state index in [1.165, 1.54) is 5.52 Å². The summed E-state index contributed by atoms with van der Waals surface area (Å²) in [6, 6.07) is 6.26. The summed E-state index contributed by atoms with van der Waals surface area (Å²) in [7, 11) is 2.09. The molecule has 3 heteroatoms. The van der Waals surface area contributed by atoms with E-state index < -0.39 is 0 Å². The Kier molecular flexibility index (Phi) is 3.20. The van der Waals surface area contributed by atoms with Crippen LogP contribution in [0.5, 0.6) is 0 Å². The lowest BCUT2D eigenvalue weighted by molar-refractivity contribution is 0.499. The van der Waals surface area contributed by atoms with Gasteiger partial charge in [-0.2, -0.15) is 0 Å². The van der Waals surface area contributed by atoms with E-state index in [2.05, 4.69) is 50.6 Å². The molecule has 0 saturated heterocycles. The monoisotopic (exact) mass is 231 g/mol. The average molecular weight is 231 g/mol. The molecule has 0 aliphatic rings. The molecule has 0 aliphatic heterocycles. The number of hydrogen-bond donors (Lipinski definition) is 1. The molecule has 1 unspecified atom stereocenters. The van der Waals surface area contributed by atoms with Gasteiger partial charge in [-0.25, -0.2) is 4.98 Å². The van der Waals surface area contributed by atoms with E-state index in [0.717, 1.165) is 16.9 Å². The number of hydrogen-bond acceptors (Lipinski definition) is 2. The largest absolute Gasteiger partial charge is 0.331 e. The van der Waals surface area contributed by atoms with Gasteiger partial charge >= 0.3 is 0 Å². The van der Waals surface area contributed by atoms with Crippen molar-refractivity contribution in [1.82, 2.24) is 9.55 Å². The van der Waals surface area contributed by atoms with Gasteiger partial charge in [0.15, 0.2) is 0 Å². The SMILES string of the molecule is CC(C)C(C)c1nc2ccc(CN)cc2n1C. The number of nitrogens with two attached hydrogens (primary N) is 1. The third-order valence-electron chi connectivity index (χ3n) is 3.62. The van der Waals surface area contributed by atoms with Crippen molar-refractivity contribution in [1.29, 1.82) is 0 Å². The van der Waals surface area contributed by atoms with Crippen molar-refractivity contribution < 1.29 is 0 Å². The molecule has 0 saturated carbocycles. The van der Waals surface area contributed by atoms with Crippen molar-refractivity contribution in [2.75, 3.05) is 0 Å². The number of aromatic nitrogens is 2. The lowest BCUT2D eigenvalue weighted by atomic mass is 9.97. The first kappa shape index (κ1) is 12.1. The maximum atomic E-state index is 5.68. The number of nitrogens with zero attached hydrogens (tertiary/aromatic N) is 2. The van der Waals surface area contributed by atoms with E-state index >= 15 is 0 Å². The minimum atomic E-state index is 0.466. The van der Waals surface area contributed by atoms with E-state index in [4.69, 9.17) is 10.7 Å². The highest BCUT2D eigenvalue weighted by molar-refractivity contribution is 5.77. The van der Waals surface area contributed by atoms with Gasteiger partial charge in [0.05, 0.1) is 11.0 Å². The Hall–Kier alpha value is -1.35. The summed E-state index contributed by atoms with van der Waals surface area (Å²) < 4.78 is 2.19. The minimum Gasteiger partial charge on any atom is -0.331 e. The van der Waals surface area contributed by atoms with Crippen LogP contribution in [-0.2, 0) is 13.6 Å². The van der Waals surface area contributed by atoms with Crippen molar-refractivity contribution in [2.45, 2.75) is 33.2 Å². The van der Waals surface area contributed by atoms with Crippen molar-refractivity contribution in [3.8, 4) is 0 Å². The number of aryl methyl sites for hydroxylation is 1. The Morgan fingerprint density at radius 1 is 1.29 bits per heavy atom. The molecule has 2 aromatic rings. The second kappa shape index (κ2) is 4.49. The quantitative estimate of drug-likeness (QED) is 0.882. The van der Waals surface area contributed by atoms with Gasteiger partial charge in [-0.15, -0.1) is 0 Å². The summed E-state index contributed by atoms with van der Waals surface area (Å²) in [5.41, 5.74) is 9.07. The molecule has 0 radical (unpaired) electrons. The number of rotatable bonds is 3. The smallest absolute Gasteiger partial charge is 0.112 e. The zero-order valence-corrected chi connectivity index (χ0v) is 11.1. The van der Waals surface area contributed by atoms with Crippen LogP contribution in [0.25, 0.3) is 11.0 Å². The standard InChI is InChI=1S/C14H21N3/c1-9(2)10(3)14-16-12-6-5-11(8-15)7-13(12)17(14)4/h5-7,9-10H,8,15H2,1-4H3. The van der Waals surface area contributed by atoms with Crippen molar-refractivity contribution >= 4 is 11.0 Å². The molecule has 1 heterocycles. The van der Waals surface area contributed by atoms with Gasteiger partial charge in [0.1, 0.15) is 5.82 Å². The van der Waals surface area contributed by atoms with Crippen LogP contribution in [0.3, 0.4) is 0 Å². The number of fused-ring (bicyclic) bond motifs is 1. The van der Waals surface area contributed by atoms with Gasteiger partial charge in [0.2, 0.25) is 0 Å². The first-order chi connectivity index (χ1) is 8.04. The molecule has 0 spiro atoms. The summed E-state index contributed by atoms with van der Waals surface area (Å²) in [6.45, 7) is 7.27. The molecule has 2 rings (SSSR count). The molecular weight excluding hydrogens is 210 g/mol. The first-order valence-electron chi connectivity index (χ1n) is 6.20. The molecule has 2 N–H and O–H groups in total. The lowest BCUT2D eigenvalue weighted by Crippen LogP contribution is -2.08. The summed E-state index contributed by atoms with van der Waals surface area (Å²) in [5, 5.41) is 0. The van der Waals surface area contributed by atoms with Crippen molar-refractivity contribution in [3.05, 3.63) is 29.6 Å². The van der Waals surface area contributed by atoms with Gasteiger partial charge in [0, 0.05) is 19.5 Å². The van der Waals surface area contributed by atoms with Crippen LogP contribution in [0.15, 0.2) is 18.2 Å². The highest BCUT2D eigenvalue weighted by Gasteiger charge is 2.17. The van der Waals surface area contributed by atoms with Gasteiger partial charge in [-0.3, -0.25) is 0 Å². The van der Waals surface area contributed by atoms with Crippen LogP contribution < -0.4 is 5.73 Å². The fourth-order valence-electron chi connectivity index (χ4n) is 2.09. The predicted octanol–water partition coefficient (Wildman–Crippen LogP) is 2.79. The molecular formula is C14H21N3. The molecule has 0 bridgehead atoms. The Balaban J connectivity index is 2.56. The summed E-state index contributed by atoms with van der Waals surface area (Å²) in [6.07, 6.45) is 0. The van der Waals surface area contributed by atoms with Gasteiger partial charge in [-0.1, -0.05) is 26.8 Å². The van der Waals surface area contributed by atoms with Gasteiger partial charge in [0.25, 0.3) is 0 Å². The van der Waals surface area contributed by atoms with E-state index in [1.54, 1.807) is 0 Å². The third-order valence-corrected chi connectivity index (χ3v) is 3.62. The lowest BCUT2D eigenvalue weighted by Gasteiger charge is -2.15. The second-order valence-corrected chi connectivity index (χ2v) is 5.09. The van der Waals surface area contributed by atoms with E-state index in [9.17, 15) is 0 Å². The van der Waals surface area contributed by atoms with Crippen LogP contribution >= 0.6 is 0 Å². The van der Waals surface area contributed by atoms with Crippen molar-refractivity contribution in [3.63, 3.8) is 0 Å². The Labute approximate surface area is 103 Å². The topological polar surface area (TPSA) is 43.8 Å². The normalized spacial score (nSPS) is 13.5. The molecule has 92 valence electrons. The molecule has 0 amide bonds. The first-order valence-corrected chi connectivity index (χ1v) is 6.20. The summed E-state index contributed by atoms with van der Waals surface area (Å²) >= 11 is 0. The summed E-state index contributed by atoms with van der Waals surface area (Å²) in [4.78, 5) is 4.73. The van der Waals surface area contributed by atoms with Crippen LogP contribution in [0.2, 0.25) is 0 Å². The zero-order chi connectivity index (χ0) is 12.6. The van der Waals surface area contributed by atoms with Crippen LogP contribution in [-0.4, -0.2) is 9.55 Å². The minimum absolute atomic E-state index is 0.466. The number of benzene rings is 1.